The number of amides is 3. The minimum atomic E-state index is -1.38. The number of hydroxylamine groups is 3. The Labute approximate surface area is 113 Å². The van der Waals surface area contributed by atoms with E-state index in [9.17, 15) is 24.0 Å². The third-order valence-electron chi connectivity index (χ3n) is 3.76. The Morgan fingerprint density at radius 2 is 2.05 bits per heavy atom. The molecule has 7 heteroatoms. The summed E-state index contributed by atoms with van der Waals surface area (Å²) in [6.45, 7) is -0.208. The first-order valence-electron chi connectivity index (χ1n) is 6.17. The topological polar surface area (TPSA) is 86.3 Å². The zero-order valence-electron chi connectivity index (χ0n) is 10.4. The molecule has 2 aliphatic rings. The van der Waals surface area contributed by atoms with Crippen LogP contribution in [0.25, 0.3) is 0 Å². The number of nitrogens with one attached hydrogen (secondary N) is 1. The van der Waals surface area contributed by atoms with Crippen LogP contribution in [0.5, 0.6) is 0 Å². The van der Waals surface area contributed by atoms with Gasteiger partial charge >= 0.3 is 5.91 Å². The number of benzene rings is 1. The van der Waals surface area contributed by atoms with Crippen LogP contribution in [0.15, 0.2) is 18.2 Å². The van der Waals surface area contributed by atoms with Gasteiger partial charge in [-0.2, -0.15) is 0 Å². The normalized spacial score (nSPS) is 29.3. The van der Waals surface area contributed by atoms with E-state index >= 15 is 0 Å². The molecule has 0 bridgehead atoms. The highest BCUT2D eigenvalue weighted by Gasteiger charge is 2.49. The van der Waals surface area contributed by atoms with E-state index in [1.807, 2.05) is 0 Å². The van der Waals surface area contributed by atoms with E-state index in [-0.39, 0.29) is 24.9 Å². The highest BCUT2D eigenvalue weighted by molar-refractivity contribution is 6.02. The smallest absolute Gasteiger partial charge is 0.347 e. The standard InChI is InChI=1S/C13H11FN2O4/c14-8-2-1-7-6-16(20,13(19)9(7)5-8)10-3-4-11(17)15-12(10)18/h1-2,5,10H,3-4,6H2,(H,15,17,18). The maximum atomic E-state index is 13.2. The first-order valence-corrected chi connectivity index (χ1v) is 6.17. The van der Waals surface area contributed by atoms with E-state index in [0.29, 0.717) is 5.56 Å². The van der Waals surface area contributed by atoms with Crippen molar-refractivity contribution in [3.05, 3.63) is 40.4 Å². The molecule has 1 fully saturated rings. The van der Waals surface area contributed by atoms with Crippen molar-refractivity contribution in [2.24, 2.45) is 0 Å². The summed E-state index contributed by atoms with van der Waals surface area (Å²) in [5.41, 5.74) is 0.445. The second-order valence-electron chi connectivity index (χ2n) is 5.03. The number of imide groups is 1. The van der Waals surface area contributed by atoms with Crippen molar-refractivity contribution >= 4 is 17.7 Å². The maximum Gasteiger partial charge on any atom is 0.347 e. The molecule has 0 aromatic heterocycles. The Balaban J connectivity index is 1.97. The molecule has 3 rings (SSSR count). The number of piperidine rings is 1. The van der Waals surface area contributed by atoms with Crippen LogP contribution in [0.3, 0.4) is 0 Å². The average Bonchev–Trinajstić information content (AvgIpc) is 2.63. The molecular weight excluding hydrogens is 267 g/mol. The van der Waals surface area contributed by atoms with Gasteiger partial charge in [-0.1, -0.05) is 0 Å². The Hall–Kier alpha value is -2.12. The van der Waals surface area contributed by atoms with E-state index in [2.05, 4.69) is 5.32 Å². The van der Waals surface area contributed by atoms with Crippen LogP contribution in [0.2, 0.25) is 0 Å². The van der Waals surface area contributed by atoms with Crippen molar-refractivity contribution in [1.29, 1.82) is 0 Å². The lowest BCUT2D eigenvalue weighted by Gasteiger charge is -2.42. The Bertz CT molecular complexity index is 645. The molecule has 0 aliphatic carbocycles. The lowest BCUT2D eigenvalue weighted by Crippen LogP contribution is -2.60. The zero-order chi connectivity index (χ0) is 14.5. The minimum Gasteiger partial charge on any atom is -0.624 e. The van der Waals surface area contributed by atoms with E-state index in [1.165, 1.54) is 12.1 Å². The van der Waals surface area contributed by atoms with Crippen LogP contribution < -0.4 is 5.32 Å². The van der Waals surface area contributed by atoms with Crippen molar-refractivity contribution in [3.8, 4) is 0 Å². The van der Waals surface area contributed by atoms with Crippen LogP contribution in [0.4, 0.5) is 4.39 Å². The predicted molar refractivity (Wildman–Crippen MR) is 64.2 cm³/mol. The number of halogens is 1. The summed E-state index contributed by atoms with van der Waals surface area (Å²) in [5, 5.41) is 14.8. The fourth-order valence-corrected chi connectivity index (χ4v) is 2.75. The molecule has 104 valence electrons. The summed E-state index contributed by atoms with van der Waals surface area (Å²) in [5.74, 6) is -2.62. The Morgan fingerprint density at radius 1 is 1.30 bits per heavy atom. The maximum absolute atomic E-state index is 13.2. The van der Waals surface area contributed by atoms with Gasteiger partial charge in [-0.05, 0) is 18.2 Å². The first-order chi connectivity index (χ1) is 9.41. The number of quaternary nitrogens is 1. The van der Waals surface area contributed by atoms with Gasteiger partial charge in [0.2, 0.25) is 5.91 Å². The molecule has 3 amide bonds. The van der Waals surface area contributed by atoms with Crippen molar-refractivity contribution in [3.63, 3.8) is 0 Å². The fraction of sp³-hybridized carbons (Fsp3) is 0.308. The third kappa shape index (κ3) is 1.75. The van der Waals surface area contributed by atoms with Crippen LogP contribution in [-0.4, -0.2) is 28.4 Å². The SMILES string of the molecule is O=C1CCC([N+]2([O-])Cc3ccc(F)cc3C2=O)C(=O)N1. The predicted octanol–water partition coefficient (Wildman–Crippen LogP) is 0.599. The Kier molecular flexibility index (Phi) is 2.70. The van der Waals surface area contributed by atoms with E-state index in [1.54, 1.807) is 0 Å². The van der Waals surface area contributed by atoms with Gasteiger partial charge in [0.1, 0.15) is 12.4 Å². The lowest BCUT2D eigenvalue weighted by atomic mass is 10.0. The van der Waals surface area contributed by atoms with Crippen molar-refractivity contribution < 1.29 is 23.4 Å². The number of nitrogens with zero attached hydrogens (tertiary/aromatic N) is 1. The molecule has 0 spiro atoms. The average molecular weight is 278 g/mol. The van der Waals surface area contributed by atoms with Gasteiger partial charge in [0.05, 0.1) is 5.56 Å². The van der Waals surface area contributed by atoms with E-state index in [4.69, 9.17) is 0 Å². The number of hydrogen-bond donors (Lipinski definition) is 1. The summed E-state index contributed by atoms with van der Waals surface area (Å²) >= 11 is 0. The molecule has 2 atom stereocenters. The molecule has 0 radical (unpaired) electrons. The number of carbonyl (C=O) groups excluding carboxylic acids is 3. The molecule has 0 saturated carbocycles. The molecule has 2 unspecified atom stereocenters. The summed E-state index contributed by atoms with van der Waals surface area (Å²) in [6.07, 6.45) is 0.0486. The van der Waals surface area contributed by atoms with Gasteiger partial charge in [0.15, 0.2) is 6.04 Å². The van der Waals surface area contributed by atoms with Crippen molar-refractivity contribution in [2.75, 3.05) is 0 Å². The molecule has 2 heterocycles. The molecule has 1 saturated heterocycles. The number of hydrogen-bond acceptors (Lipinski definition) is 4. The van der Waals surface area contributed by atoms with Crippen LogP contribution in [-0.2, 0) is 16.1 Å². The van der Waals surface area contributed by atoms with Gasteiger partial charge in [0.25, 0.3) is 5.91 Å². The molecule has 6 nitrogen and oxygen atoms in total. The molecule has 20 heavy (non-hydrogen) atoms. The second kappa shape index (κ2) is 4.19. The number of carbonyl (C=O) groups is 3. The highest BCUT2D eigenvalue weighted by atomic mass is 19.1. The van der Waals surface area contributed by atoms with Gasteiger partial charge in [-0.25, -0.2) is 9.18 Å². The number of fused-ring (bicyclic) bond motifs is 1. The van der Waals surface area contributed by atoms with Crippen LogP contribution in [0, 0.1) is 11.0 Å². The monoisotopic (exact) mass is 278 g/mol. The number of rotatable bonds is 1. The quantitative estimate of drug-likeness (QED) is 0.463. The Morgan fingerprint density at radius 3 is 2.75 bits per heavy atom. The molecular formula is C13H11FN2O4. The summed E-state index contributed by atoms with van der Waals surface area (Å²) in [7, 11) is 0. The zero-order valence-corrected chi connectivity index (χ0v) is 10.4. The molecule has 1 aromatic rings. The summed E-state index contributed by atoms with van der Waals surface area (Å²) in [4.78, 5) is 35.1. The van der Waals surface area contributed by atoms with E-state index in [0.717, 1.165) is 6.07 Å². The van der Waals surface area contributed by atoms with Gasteiger partial charge in [0, 0.05) is 18.4 Å². The lowest BCUT2D eigenvalue weighted by molar-refractivity contribution is -0.825. The fourth-order valence-electron chi connectivity index (χ4n) is 2.75. The molecule has 1 N–H and O–H groups in total. The molecule has 2 aliphatic heterocycles. The minimum absolute atomic E-state index is 0.0182. The summed E-state index contributed by atoms with van der Waals surface area (Å²) in [6, 6.07) is 2.41. The van der Waals surface area contributed by atoms with E-state index < -0.39 is 34.2 Å². The second-order valence-corrected chi connectivity index (χ2v) is 5.03. The van der Waals surface area contributed by atoms with Crippen molar-refractivity contribution in [2.45, 2.75) is 25.4 Å². The van der Waals surface area contributed by atoms with Gasteiger partial charge in [-0.15, -0.1) is 0 Å². The summed E-state index contributed by atoms with van der Waals surface area (Å²) < 4.78 is 11.8. The largest absolute Gasteiger partial charge is 0.624 e. The van der Waals surface area contributed by atoms with Gasteiger partial charge < -0.3 is 5.21 Å². The van der Waals surface area contributed by atoms with Crippen LogP contribution in [0.1, 0.15) is 28.8 Å². The van der Waals surface area contributed by atoms with Crippen LogP contribution >= 0.6 is 0 Å². The third-order valence-corrected chi connectivity index (χ3v) is 3.76. The van der Waals surface area contributed by atoms with Gasteiger partial charge in [-0.3, -0.25) is 19.6 Å². The first kappa shape index (κ1) is 12.9. The molecule has 1 aromatic carbocycles. The highest BCUT2D eigenvalue weighted by Crippen LogP contribution is 2.34. The van der Waals surface area contributed by atoms with Crippen molar-refractivity contribution in [1.82, 2.24) is 5.32 Å².